The first-order chi connectivity index (χ1) is 10.4. The average Bonchev–Trinajstić information content (AvgIpc) is 2.46. The van der Waals surface area contributed by atoms with Gasteiger partial charge in [0.2, 0.25) is 0 Å². The molecular formula is C16H24F2N2O2. The number of benzene rings is 1. The van der Waals surface area contributed by atoms with E-state index in [1.54, 1.807) is 26.0 Å². The summed E-state index contributed by atoms with van der Waals surface area (Å²) in [5.41, 5.74) is 7.09. The maximum atomic E-state index is 12.4. The Morgan fingerprint density at radius 2 is 1.91 bits per heavy atom. The number of carbonyl (C=O) groups excluding carboxylic acids is 1. The summed E-state index contributed by atoms with van der Waals surface area (Å²) in [6.45, 7) is 2.84. The van der Waals surface area contributed by atoms with Gasteiger partial charge < -0.3 is 15.8 Å². The third-order valence-electron chi connectivity index (χ3n) is 3.46. The van der Waals surface area contributed by atoms with E-state index in [4.69, 9.17) is 5.73 Å². The van der Waals surface area contributed by atoms with Crippen LogP contribution in [0.2, 0.25) is 0 Å². The van der Waals surface area contributed by atoms with Crippen molar-refractivity contribution in [1.29, 1.82) is 0 Å². The number of unbranched alkanes of at least 4 members (excludes halogenated alkanes) is 1. The monoisotopic (exact) mass is 314 g/mol. The van der Waals surface area contributed by atoms with Gasteiger partial charge in [0.15, 0.2) is 0 Å². The highest BCUT2D eigenvalue weighted by molar-refractivity contribution is 5.95. The van der Waals surface area contributed by atoms with Crippen molar-refractivity contribution in [1.82, 2.24) is 5.32 Å². The number of carbonyl (C=O) groups is 1. The molecule has 6 heteroatoms. The van der Waals surface area contributed by atoms with Gasteiger partial charge in [0.05, 0.1) is 0 Å². The van der Waals surface area contributed by atoms with E-state index in [-0.39, 0.29) is 17.7 Å². The Balaban J connectivity index is 2.86. The molecule has 0 spiro atoms. The molecular weight excluding hydrogens is 290 g/mol. The van der Waals surface area contributed by atoms with E-state index in [1.807, 2.05) is 0 Å². The van der Waals surface area contributed by atoms with E-state index in [0.717, 1.165) is 19.3 Å². The Kier molecular flexibility index (Phi) is 7.24. The van der Waals surface area contributed by atoms with Gasteiger partial charge in [-0.3, -0.25) is 4.79 Å². The Hall–Kier alpha value is -1.69. The fraction of sp³-hybridized carbons (Fsp3) is 0.562. The largest absolute Gasteiger partial charge is 0.434 e. The number of hydrogen-bond donors (Lipinski definition) is 2. The van der Waals surface area contributed by atoms with Crippen molar-refractivity contribution in [3.8, 4) is 5.75 Å². The molecule has 22 heavy (non-hydrogen) atoms. The van der Waals surface area contributed by atoms with Crippen molar-refractivity contribution < 1.29 is 18.3 Å². The van der Waals surface area contributed by atoms with Crippen LogP contribution in [0.15, 0.2) is 12.1 Å². The molecule has 1 rings (SSSR count). The van der Waals surface area contributed by atoms with E-state index < -0.39 is 6.61 Å². The summed E-state index contributed by atoms with van der Waals surface area (Å²) in [4.78, 5) is 12.3. The molecule has 3 N–H and O–H groups in total. The standard InChI is InChI=1S/C16H24F2N2O2/c1-4-5-6-13(9-19)20-15(21)12-7-10(2)14(11(3)8-12)22-16(17)18/h7-8,13,16H,4-6,9,19H2,1-3H3,(H,20,21). The van der Waals surface area contributed by atoms with Gasteiger partial charge in [-0.05, 0) is 43.5 Å². The molecule has 1 unspecified atom stereocenters. The van der Waals surface area contributed by atoms with Crippen molar-refractivity contribution in [3.63, 3.8) is 0 Å². The van der Waals surface area contributed by atoms with Gasteiger partial charge in [0.25, 0.3) is 5.91 Å². The van der Waals surface area contributed by atoms with Crippen molar-refractivity contribution in [3.05, 3.63) is 28.8 Å². The Labute approximate surface area is 130 Å². The summed E-state index contributed by atoms with van der Waals surface area (Å²) in [5.74, 6) is -0.130. The third-order valence-corrected chi connectivity index (χ3v) is 3.46. The van der Waals surface area contributed by atoms with E-state index >= 15 is 0 Å². The first kappa shape index (κ1) is 18.4. The maximum absolute atomic E-state index is 12.4. The number of ether oxygens (including phenoxy) is 1. The van der Waals surface area contributed by atoms with Gasteiger partial charge in [-0.1, -0.05) is 19.8 Å². The van der Waals surface area contributed by atoms with Crippen LogP contribution >= 0.6 is 0 Å². The number of alkyl halides is 2. The summed E-state index contributed by atoms with van der Waals surface area (Å²) in [5, 5.41) is 2.88. The lowest BCUT2D eigenvalue weighted by molar-refractivity contribution is -0.0507. The molecule has 0 aliphatic heterocycles. The fourth-order valence-corrected chi connectivity index (χ4v) is 2.32. The minimum atomic E-state index is -2.88. The average molecular weight is 314 g/mol. The van der Waals surface area contributed by atoms with Crippen LogP contribution in [0, 0.1) is 13.8 Å². The molecule has 4 nitrogen and oxygen atoms in total. The smallest absolute Gasteiger partial charge is 0.387 e. The zero-order valence-electron chi connectivity index (χ0n) is 13.3. The minimum absolute atomic E-state index is 0.0787. The van der Waals surface area contributed by atoms with Gasteiger partial charge in [-0.25, -0.2) is 0 Å². The molecule has 1 atom stereocenters. The zero-order chi connectivity index (χ0) is 16.7. The fourth-order valence-electron chi connectivity index (χ4n) is 2.32. The van der Waals surface area contributed by atoms with Crippen LogP contribution in [-0.4, -0.2) is 25.1 Å². The summed E-state index contributed by atoms with van der Waals surface area (Å²) in [6.07, 6.45) is 2.84. The van der Waals surface area contributed by atoms with Crippen LogP contribution in [0.4, 0.5) is 8.78 Å². The number of amides is 1. The van der Waals surface area contributed by atoms with Crippen molar-refractivity contribution in [2.24, 2.45) is 5.73 Å². The number of halogens is 2. The SMILES string of the molecule is CCCCC(CN)NC(=O)c1cc(C)c(OC(F)F)c(C)c1. The topological polar surface area (TPSA) is 64.3 Å². The van der Waals surface area contributed by atoms with E-state index in [1.165, 1.54) is 0 Å². The molecule has 0 heterocycles. The van der Waals surface area contributed by atoms with Crippen LogP contribution in [0.3, 0.4) is 0 Å². The Morgan fingerprint density at radius 3 is 2.36 bits per heavy atom. The van der Waals surface area contributed by atoms with E-state index in [0.29, 0.717) is 23.2 Å². The van der Waals surface area contributed by atoms with Crippen LogP contribution in [0.25, 0.3) is 0 Å². The highest BCUT2D eigenvalue weighted by Crippen LogP contribution is 2.26. The molecule has 0 aliphatic carbocycles. The lowest BCUT2D eigenvalue weighted by atomic mass is 10.0. The van der Waals surface area contributed by atoms with E-state index in [9.17, 15) is 13.6 Å². The normalized spacial score (nSPS) is 12.3. The second kappa shape index (κ2) is 8.68. The predicted molar refractivity (Wildman–Crippen MR) is 82.4 cm³/mol. The van der Waals surface area contributed by atoms with Gasteiger partial charge >= 0.3 is 6.61 Å². The number of aryl methyl sites for hydroxylation is 2. The molecule has 0 aliphatic rings. The highest BCUT2D eigenvalue weighted by Gasteiger charge is 2.16. The molecule has 0 radical (unpaired) electrons. The molecule has 0 aromatic heterocycles. The molecule has 124 valence electrons. The molecule has 1 aromatic carbocycles. The highest BCUT2D eigenvalue weighted by atomic mass is 19.3. The summed E-state index contributed by atoms with van der Waals surface area (Å²) < 4.78 is 29.2. The molecule has 0 fully saturated rings. The van der Waals surface area contributed by atoms with Crippen LogP contribution in [-0.2, 0) is 0 Å². The number of nitrogens with one attached hydrogen (secondary N) is 1. The van der Waals surface area contributed by atoms with E-state index in [2.05, 4.69) is 17.0 Å². The molecule has 0 saturated carbocycles. The van der Waals surface area contributed by atoms with Crippen molar-refractivity contribution in [2.75, 3.05) is 6.54 Å². The molecule has 0 saturated heterocycles. The predicted octanol–water partition coefficient (Wildman–Crippen LogP) is 3.15. The zero-order valence-corrected chi connectivity index (χ0v) is 13.3. The van der Waals surface area contributed by atoms with Gasteiger partial charge in [-0.2, -0.15) is 8.78 Å². The summed E-state index contributed by atoms with van der Waals surface area (Å²) >= 11 is 0. The third kappa shape index (κ3) is 5.26. The van der Waals surface area contributed by atoms with Crippen molar-refractivity contribution in [2.45, 2.75) is 52.7 Å². The number of rotatable bonds is 8. The van der Waals surface area contributed by atoms with Crippen LogP contribution in [0.5, 0.6) is 5.75 Å². The second-order valence-electron chi connectivity index (χ2n) is 5.37. The quantitative estimate of drug-likeness (QED) is 0.775. The second-order valence-corrected chi connectivity index (χ2v) is 5.37. The van der Waals surface area contributed by atoms with Crippen LogP contribution in [0.1, 0.15) is 47.7 Å². The van der Waals surface area contributed by atoms with Gasteiger partial charge in [0, 0.05) is 18.2 Å². The van der Waals surface area contributed by atoms with Crippen molar-refractivity contribution >= 4 is 5.91 Å². The summed E-state index contributed by atoms with van der Waals surface area (Å²) in [6, 6.07) is 3.02. The first-order valence-electron chi connectivity index (χ1n) is 7.46. The first-order valence-corrected chi connectivity index (χ1v) is 7.46. The minimum Gasteiger partial charge on any atom is -0.434 e. The van der Waals surface area contributed by atoms with Gasteiger partial charge in [-0.15, -0.1) is 0 Å². The summed E-state index contributed by atoms with van der Waals surface area (Å²) in [7, 11) is 0. The molecule has 0 bridgehead atoms. The Bertz CT molecular complexity index is 484. The lowest BCUT2D eigenvalue weighted by Gasteiger charge is -2.18. The van der Waals surface area contributed by atoms with Gasteiger partial charge in [0.1, 0.15) is 5.75 Å². The van der Waals surface area contributed by atoms with Crippen LogP contribution < -0.4 is 15.8 Å². The number of nitrogens with two attached hydrogens (primary N) is 1. The maximum Gasteiger partial charge on any atom is 0.387 e. The number of hydrogen-bond acceptors (Lipinski definition) is 3. The lowest BCUT2D eigenvalue weighted by Crippen LogP contribution is -2.40. The Morgan fingerprint density at radius 1 is 1.32 bits per heavy atom. The molecule has 1 aromatic rings. The molecule has 1 amide bonds.